The number of nitrogens with zero attached hydrogens (tertiary/aromatic N) is 1. The van der Waals surface area contributed by atoms with Gasteiger partial charge in [0.2, 0.25) is 0 Å². The van der Waals surface area contributed by atoms with Gasteiger partial charge in [-0.1, -0.05) is 112 Å². The second kappa shape index (κ2) is 18.0. The molecule has 0 aliphatic heterocycles. The van der Waals surface area contributed by atoms with Gasteiger partial charge < -0.3 is 10.5 Å². The molecule has 2 N–H and O–H groups in total. The number of carbonyl (C=O) groups excluding carboxylic acids is 1. The zero-order valence-corrected chi connectivity index (χ0v) is 20.4. The molecule has 0 aromatic heterocycles. The predicted molar refractivity (Wildman–Crippen MR) is 126 cm³/mol. The molecule has 174 valence electrons. The molecule has 29 heavy (non-hydrogen) atoms. The zero-order chi connectivity index (χ0) is 22.0. The summed E-state index contributed by atoms with van der Waals surface area (Å²) in [6.07, 6.45) is 17.9. The average molecular weight is 413 g/mol. The normalized spacial score (nSPS) is 13.0. The van der Waals surface area contributed by atoms with Gasteiger partial charge in [0.25, 0.3) is 0 Å². The summed E-state index contributed by atoms with van der Waals surface area (Å²) >= 11 is 0. The number of unbranched alkanes of at least 4 members (excludes halogenated alkanes) is 12. The molecular weight excluding hydrogens is 360 g/mol. The largest absolute Gasteiger partial charge is 0.448 e. The first-order valence-electron chi connectivity index (χ1n) is 12.5. The Bertz CT molecular complexity index is 362. The quantitative estimate of drug-likeness (QED) is 0.226. The van der Waals surface area contributed by atoms with E-state index in [2.05, 4.69) is 39.5 Å². The van der Waals surface area contributed by atoms with Crippen LogP contribution in [-0.4, -0.2) is 36.7 Å². The van der Waals surface area contributed by atoms with Crippen molar-refractivity contribution in [3.8, 4) is 0 Å². The smallest absolute Gasteiger partial charge is 0.404 e. The van der Waals surface area contributed by atoms with E-state index < -0.39 is 6.09 Å². The number of rotatable bonds is 19. The number of carbonyl (C=O) groups is 1. The number of hydrogen-bond donors (Lipinski definition) is 1. The van der Waals surface area contributed by atoms with Gasteiger partial charge in [-0.05, 0) is 31.3 Å². The molecule has 0 aliphatic rings. The first-order valence-corrected chi connectivity index (χ1v) is 12.5. The molecule has 0 rings (SSSR count). The lowest BCUT2D eigenvalue weighted by Gasteiger charge is -2.40. The van der Waals surface area contributed by atoms with Gasteiger partial charge in [-0.25, -0.2) is 4.79 Å². The highest BCUT2D eigenvalue weighted by Crippen LogP contribution is 2.26. The minimum atomic E-state index is -0.661. The van der Waals surface area contributed by atoms with Gasteiger partial charge in [0.05, 0.1) is 0 Å². The monoisotopic (exact) mass is 412 g/mol. The van der Waals surface area contributed by atoms with Gasteiger partial charge in [-0.15, -0.1) is 0 Å². The van der Waals surface area contributed by atoms with Crippen LogP contribution < -0.4 is 5.73 Å². The molecule has 1 unspecified atom stereocenters. The standard InChI is InChI=1S/C25H52N2O2/c1-6-8-10-12-14-16-18-20-27(21-19-17-15-13-11-9-7-2)23(25(3,4)5)22-29-24(26)28/h23H,6-22H2,1-5H3,(H2,26,28). The van der Waals surface area contributed by atoms with Crippen molar-refractivity contribution < 1.29 is 9.53 Å². The summed E-state index contributed by atoms with van der Waals surface area (Å²) < 4.78 is 5.25. The summed E-state index contributed by atoms with van der Waals surface area (Å²) in [5, 5.41) is 0. The molecule has 0 aromatic rings. The lowest BCUT2D eigenvalue weighted by molar-refractivity contribution is 0.0353. The van der Waals surface area contributed by atoms with E-state index in [1.165, 1.54) is 89.9 Å². The second-order valence-electron chi connectivity index (χ2n) is 9.79. The third-order valence-corrected chi connectivity index (χ3v) is 5.92. The van der Waals surface area contributed by atoms with Crippen molar-refractivity contribution in [2.24, 2.45) is 11.1 Å². The first-order chi connectivity index (χ1) is 13.8. The Morgan fingerprint density at radius 3 is 1.48 bits per heavy atom. The fourth-order valence-electron chi connectivity index (χ4n) is 4.03. The highest BCUT2D eigenvalue weighted by atomic mass is 16.5. The van der Waals surface area contributed by atoms with Crippen molar-refractivity contribution in [3.05, 3.63) is 0 Å². The van der Waals surface area contributed by atoms with Crippen molar-refractivity contribution in [2.75, 3.05) is 19.7 Å². The van der Waals surface area contributed by atoms with Crippen LogP contribution in [0.1, 0.15) is 125 Å². The Balaban J connectivity index is 4.55. The minimum Gasteiger partial charge on any atom is -0.448 e. The summed E-state index contributed by atoms with van der Waals surface area (Å²) in [7, 11) is 0. The Morgan fingerprint density at radius 2 is 1.14 bits per heavy atom. The first kappa shape index (κ1) is 28.2. The van der Waals surface area contributed by atoms with Gasteiger partial charge in [-0.2, -0.15) is 0 Å². The molecule has 4 heteroatoms. The molecule has 0 aliphatic carbocycles. The Hall–Kier alpha value is -0.770. The number of hydrogen-bond acceptors (Lipinski definition) is 3. The Morgan fingerprint density at radius 1 is 0.759 bits per heavy atom. The van der Waals surface area contributed by atoms with E-state index in [1.807, 2.05) is 0 Å². The average Bonchev–Trinajstić information content (AvgIpc) is 2.64. The molecule has 0 saturated carbocycles. The number of primary amides is 1. The molecular formula is C25H52N2O2. The summed E-state index contributed by atoms with van der Waals surface area (Å²) in [6.45, 7) is 13.8. The van der Waals surface area contributed by atoms with Gasteiger partial charge in [0, 0.05) is 6.04 Å². The summed E-state index contributed by atoms with van der Waals surface area (Å²) in [4.78, 5) is 13.8. The summed E-state index contributed by atoms with van der Waals surface area (Å²) in [5.74, 6) is 0. The number of nitrogens with two attached hydrogens (primary N) is 1. The van der Waals surface area contributed by atoms with E-state index in [4.69, 9.17) is 10.5 Å². The van der Waals surface area contributed by atoms with Crippen LogP contribution in [0.4, 0.5) is 4.79 Å². The van der Waals surface area contributed by atoms with E-state index in [1.54, 1.807) is 0 Å². The molecule has 4 nitrogen and oxygen atoms in total. The van der Waals surface area contributed by atoms with E-state index in [9.17, 15) is 4.79 Å². The van der Waals surface area contributed by atoms with E-state index in [-0.39, 0.29) is 11.5 Å². The zero-order valence-electron chi connectivity index (χ0n) is 20.4. The maximum Gasteiger partial charge on any atom is 0.404 e. The highest BCUT2D eigenvalue weighted by molar-refractivity contribution is 5.64. The van der Waals surface area contributed by atoms with Gasteiger partial charge in [0.1, 0.15) is 6.61 Å². The van der Waals surface area contributed by atoms with Crippen molar-refractivity contribution in [3.63, 3.8) is 0 Å². The van der Waals surface area contributed by atoms with E-state index in [0.717, 1.165) is 13.1 Å². The van der Waals surface area contributed by atoms with Crippen molar-refractivity contribution in [1.29, 1.82) is 0 Å². The SMILES string of the molecule is CCCCCCCCCN(CCCCCCCCC)C(COC(N)=O)C(C)(C)C. The van der Waals surface area contributed by atoms with Crippen molar-refractivity contribution in [1.82, 2.24) is 4.90 Å². The molecule has 0 saturated heterocycles. The van der Waals surface area contributed by atoms with Gasteiger partial charge in [0.15, 0.2) is 0 Å². The lowest BCUT2D eigenvalue weighted by Crippen LogP contribution is -2.48. The van der Waals surface area contributed by atoms with Crippen LogP contribution in [0.15, 0.2) is 0 Å². The maximum atomic E-state index is 11.2. The van der Waals surface area contributed by atoms with Crippen LogP contribution in [0.5, 0.6) is 0 Å². The van der Waals surface area contributed by atoms with Gasteiger partial charge >= 0.3 is 6.09 Å². The van der Waals surface area contributed by atoms with Crippen LogP contribution in [0.3, 0.4) is 0 Å². The van der Waals surface area contributed by atoms with E-state index >= 15 is 0 Å². The Labute approximate surface area is 182 Å². The number of ether oxygens (including phenoxy) is 1. The Kier molecular flexibility index (Phi) is 17.6. The molecule has 0 aromatic carbocycles. The van der Waals surface area contributed by atoms with Crippen molar-refractivity contribution >= 4 is 6.09 Å². The topological polar surface area (TPSA) is 55.6 Å². The molecule has 0 fully saturated rings. The summed E-state index contributed by atoms with van der Waals surface area (Å²) in [5.41, 5.74) is 5.32. The van der Waals surface area contributed by atoms with Crippen LogP contribution >= 0.6 is 0 Å². The fourth-order valence-corrected chi connectivity index (χ4v) is 4.03. The minimum absolute atomic E-state index is 0.0533. The molecule has 0 radical (unpaired) electrons. The van der Waals surface area contributed by atoms with Crippen molar-refractivity contribution in [2.45, 2.75) is 131 Å². The highest BCUT2D eigenvalue weighted by Gasteiger charge is 2.31. The number of amides is 1. The maximum absolute atomic E-state index is 11.2. The molecule has 0 heterocycles. The second-order valence-corrected chi connectivity index (χ2v) is 9.79. The third-order valence-electron chi connectivity index (χ3n) is 5.92. The molecule has 0 spiro atoms. The predicted octanol–water partition coefficient (Wildman–Crippen LogP) is 7.30. The molecule has 1 amide bonds. The molecule has 0 bridgehead atoms. The van der Waals surface area contributed by atoms with Crippen LogP contribution in [0, 0.1) is 5.41 Å². The van der Waals surface area contributed by atoms with Crippen LogP contribution in [-0.2, 0) is 4.74 Å². The van der Waals surface area contributed by atoms with Crippen LogP contribution in [0.25, 0.3) is 0 Å². The fraction of sp³-hybridized carbons (Fsp3) is 0.960. The van der Waals surface area contributed by atoms with Gasteiger partial charge in [-0.3, -0.25) is 4.90 Å². The summed E-state index contributed by atoms with van der Waals surface area (Å²) in [6, 6.07) is 0.218. The van der Waals surface area contributed by atoms with Crippen LogP contribution in [0.2, 0.25) is 0 Å². The molecule has 1 atom stereocenters. The lowest BCUT2D eigenvalue weighted by atomic mass is 9.85. The van der Waals surface area contributed by atoms with E-state index in [0.29, 0.717) is 6.61 Å². The third kappa shape index (κ3) is 16.7.